The van der Waals surface area contributed by atoms with Gasteiger partial charge in [0.15, 0.2) is 12.4 Å². The Morgan fingerprint density at radius 3 is 0.884 bits per heavy atom. The van der Waals surface area contributed by atoms with Crippen LogP contribution in [0.2, 0.25) is 0 Å². The van der Waals surface area contributed by atoms with Crippen LogP contribution in [0.4, 0.5) is 0 Å². The van der Waals surface area contributed by atoms with E-state index in [1.165, 1.54) is 218 Å². The molecule has 0 bridgehead atoms. The largest absolute Gasteiger partial charge is 0.205 e. The molecule has 1 heteroatoms. The fourth-order valence-corrected chi connectivity index (χ4v) is 6.77. The van der Waals surface area contributed by atoms with Gasteiger partial charge in [0.1, 0.15) is 6.54 Å². The maximum atomic E-state index is 2.56. The molecule has 0 N–H and O–H groups in total. The fourth-order valence-electron chi connectivity index (χ4n) is 6.77. The van der Waals surface area contributed by atoms with Crippen LogP contribution in [0.1, 0.15) is 231 Å². The normalized spacial score (nSPS) is 11.5. The Hall–Kier alpha value is -0.850. The van der Waals surface area contributed by atoms with E-state index in [4.69, 9.17) is 0 Å². The molecule has 0 aliphatic heterocycles. The maximum absolute atomic E-state index is 2.56. The molecule has 1 aromatic rings. The molecule has 0 radical (unpaired) electrons. The number of hydrogen-bond donors (Lipinski definition) is 0. The summed E-state index contributed by atoms with van der Waals surface area (Å²) in [5, 5.41) is 0. The molecule has 1 heterocycles. The van der Waals surface area contributed by atoms with Gasteiger partial charge in [0, 0.05) is 17.5 Å². The van der Waals surface area contributed by atoms with Crippen LogP contribution < -0.4 is 4.57 Å². The summed E-state index contributed by atoms with van der Waals surface area (Å²) in [7, 11) is 0. The first-order valence-corrected chi connectivity index (χ1v) is 20.3. The molecular weight excluding hydrogens is 518 g/mol. The van der Waals surface area contributed by atoms with E-state index in [-0.39, 0.29) is 0 Å². The highest BCUT2D eigenvalue weighted by Gasteiger charge is 2.09. The van der Waals surface area contributed by atoms with Gasteiger partial charge in [-0.2, -0.15) is 0 Å². The molecule has 0 spiro atoms. The zero-order valence-corrected chi connectivity index (χ0v) is 30.2. The van der Waals surface area contributed by atoms with Gasteiger partial charge in [-0.15, -0.1) is 0 Å². The molecule has 0 unspecified atom stereocenters. The lowest BCUT2D eigenvalue weighted by atomic mass is 10.0. The minimum absolute atomic E-state index is 1.21. The molecule has 0 saturated carbocycles. The molecule has 0 aliphatic rings. The van der Waals surface area contributed by atoms with Crippen LogP contribution in [0.3, 0.4) is 0 Å². The van der Waals surface area contributed by atoms with Crippen molar-refractivity contribution in [1.29, 1.82) is 0 Å². The van der Waals surface area contributed by atoms with E-state index in [2.05, 4.69) is 43.8 Å². The summed E-state index contributed by atoms with van der Waals surface area (Å²) in [4.78, 5) is 0. The predicted octanol–water partition coefficient (Wildman–Crippen LogP) is 14.2. The minimum atomic E-state index is 1.21. The smallest absolute Gasteiger partial charge is 0.171 e. The number of hydrogen-bond acceptors (Lipinski definition) is 0. The van der Waals surface area contributed by atoms with E-state index in [1.807, 2.05) is 0 Å². The highest BCUT2D eigenvalue weighted by molar-refractivity contribution is 5.15. The standard InChI is InChI=1S/C42H80N/c1-4-7-10-13-15-17-19-21-23-25-27-29-32-35-41-38-42(40-43(39-41)37-34-31-12-9-6-3)36-33-30-28-26-24-22-20-18-16-14-11-8-5-2/h38-40H,4-37H2,1-3H3/q+1. The minimum Gasteiger partial charge on any atom is -0.205 e. The van der Waals surface area contributed by atoms with Crippen LogP contribution in [0.25, 0.3) is 0 Å². The highest BCUT2D eigenvalue weighted by Crippen LogP contribution is 2.16. The summed E-state index contributed by atoms with van der Waals surface area (Å²) in [6, 6.07) is 2.56. The summed E-state index contributed by atoms with van der Waals surface area (Å²) in [6.45, 7) is 8.15. The van der Waals surface area contributed by atoms with Crippen molar-refractivity contribution in [1.82, 2.24) is 0 Å². The lowest BCUT2D eigenvalue weighted by molar-refractivity contribution is -0.698. The third-order valence-electron chi connectivity index (χ3n) is 9.69. The van der Waals surface area contributed by atoms with Crippen LogP contribution >= 0.6 is 0 Å². The fraction of sp³-hybridized carbons (Fsp3) is 0.881. The zero-order chi connectivity index (χ0) is 30.9. The molecule has 252 valence electrons. The molecule has 0 aliphatic carbocycles. The van der Waals surface area contributed by atoms with Gasteiger partial charge in [0.05, 0.1) is 0 Å². The first-order chi connectivity index (χ1) is 21.3. The maximum Gasteiger partial charge on any atom is 0.171 e. The number of aryl methyl sites for hydroxylation is 3. The van der Waals surface area contributed by atoms with E-state index in [9.17, 15) is 0 Å². The second-order valence-corrected chi connectivity index (χ2v) is 14.2. The summed E-state index contributed by atoms with van der Waals surface area (Å²) >= 11 is 0. The second kappa shape index (κ2) is 32.5. The number of unbranched alkanes of at least 4 members (excludes halogenated alkanes) is 28. The topological polar surface area (TPSA) is 3.88 Å². The van der Waals surface area contributed by atoms with Gasteiger partial charge < -0.3 is 0 Å². The van der Waals surface area contributed by atoms with Crippen molar-refractivity contribution in [2.45, 2.75) is 239 Å². The Balaban J connectivity index is 2.24. The van der Waals surface area contributed by atoms with Crippen molar-refractivity contribution >= 4 is 0 Å². The van der Waals surface area contributed by atoms with E-state index in [0.717, 1.165) is 0 Å². The van der Waals surface area contributed by atoms with Gasteiger partial charge in [-0.25, -0.2) is 4.57 Å². The average molecular weight is 599 g/mol. The van der Waals surface area contributed by atoms with Crippen LogP contribution in [0.15, 0.2) is 18.5 Å². The molecule has 1 nitrogen and oxygen atoms in total. The van der Waals surface area contributed by atoms with Gasteiger partial charge in [-0.3, -0.25) is 0 Å². The molecule has 43 heavy (non-hydrogen) atoms. The Kier molecular flexibility index (Phi) is 30.4. The molecule has 0 amide bonds. The molecule has 0 aromatic carbocycles. The van der Waals surface area contributed by atoms with Crippen molar-refractivity contribution in [2.75, 3.05) is 0 Å². The van der Waals surface area contributed by atoms with E-state index < -0.39 is 0 Å². The Bertz CT molecular complexity index is 631. The molecule has 1 aromatic heterocycles. The van der Waals surface area contributed by atoms with Gasteiger partial charge >= 0.3 is 0 Å². The highest BCUT2D eigenvalue weighted by atomic mass is 14.9. The van der Waals surface area contributed by atoms with Crippen LogP contribution in [0, 0.1) is 0 Å². The molecule has 0 atom stereocenters. The first kappa shape index (κ1) is 40.2. The lowest BCUT2D eigenvalue weighted by Crippen LogP contribution is -2.34. The Morgan fingerprint density at radius 2 is 0.581 bits per heavy atom. The van der Waals surface area contributed by atoms with E-state index >= 15 is 0 Å². The summed E-state index contributed by atoms with van der Waals surface area (Å²) < 4.78 is 2.56. The first-order valence-electron chi connectivity index (χ1n) is 20.3. The Morgan fingerprint density at radius 1 is 0.326 bits per heavy atom. The third-order valence-corrected chi connectivity index (χ3v) is 9.69. The monoisotopic (exact) mass is 599 g/mol. The summed E-state index contributed by atoms with van der Waals surface area (Å²) in [6.07, 6.45) is 51.9. The Labute approximate surface area is 272 Å². The van der Waals surface area contributed by atoms with Crippen molar-refractivity contribution in [3.8, 4) is 0 Å². The number of aromatic nitrogens is 1. The second-order valence-electron chi connectivity index (χ2n) is 14.2. The third kappa shape index (κ3) is 27.2. The van der Waals surface area contributed by atoms with Gasteiger partial charge in [-0.1, -0.05) is 194 Å². The predicted molar refractivity (Wildman–Crippen MR) is 194 cm³/mol. The van der Waals surface area contributed by atoms with Gasteiger partial charge in [0.25, 0.3) is 0 Å². The quantitative estimate of drug-likeness (QED) is 0.0549. The lowest BCUT2D eigenvalue weighted by Gasteiger charge is -2.07. The van der Waals surface area contributed by atoms with Crippen LogP contribution in [-0.4, -0.2) is 0 Å². The number of rotatable bonds is 34. The molecule has 0 fully saturated rings. The average Bonchev–Trinajstić information content (AvgIpc) is 3.01. The van der Waals surface area contributed by atoms with E-state index in [1.54, 1.807) is 11.1 Å². The molecule has 0 saturated heterocycles. The van der Waals surface area contributed by atoms with Crippen molar-refractivity contribution in [3.05, 3.63) is 29.6 Å². The number of pyridine rings is 1. The molecular formula is C42H80N+. The summed E-state index contributed by atoms with van der Waals surface area (Å²) in [5.74, 6) is 0. The zero-order valence-electron chi connectivity index (χ0n) is 30.2. The van der Waals surface area contributed by atoms with Crippen molar-refractivity contribution in [3.63, 3.8) is 0 Å². The van der Waals surface area contributed by atoms with E-state index in [0.29, 0.717) is 0 Å². The van der Waals surface area contributed by atoms with Crippen molar-refractivity contribution < 1.29 is 4.57 Å². The van der Waals surface area contributed by atoms with Gasteiger partial charge in [0.2, 0.25) is 0 Å². The van der Waals surface area contributed by atoms with Crippen LogP contribution in [-0.2, 0) is 19.4 Å². The van der Waals surface area contributed by atoms with Crippen molar-refractivity contribution in [2.24, 2.45) is 0 Å². The van der Waals surface area contributed by atoms with Gasteiger partial charge in [-0.05, 0) is 38.2 Å². The van der Waals surface area contributed by atoms with Crippen LogP contribution in [0.5, 0.6) is 0 Å². The molecule has 1 rings (SSSR count). The SMILES string of the molecule is CCCCCCCCCCCCCCCc1cc(CCCCCCCCCCCCCCC)c[n+](CCCCCCC)c1. The summed E-state index contributed by atoms with van der Waals surface area (Å²) in [5.41, 5.74) is 3.20. The number of nitrogens with zero attached hydrogens (tertiary/aromatic N) is 1.